The second-order valence-corrected chi connectivity index (χ2v) is 8.75. The normalized spacial score (nSPS) is 24.2. The lowest BCUT2D eigenvalue weighted by atomic mass is 10.0. The molecular weight excluding hydrogens is 339 g/mol. The Morgan fingerprint density at radius 3 is 2.32 bits per heavy atom. The van der Waals surface area contributed by atoms with E-state index in [-0.39, 0.29) is 33.7 Å². The number of hydrogen-bond acceptors (Lipinski definition) is 4. The number of carbonyl (C=O) groups is 1. The van der Waals surface area contributed by atoms with Gasteiger partial charge in [0.05, 0.1) is 17.0 Å². The Labute approximate surface area is 130 Å². The predicted molar refractivity (Wildman–Crippen MR) is 77.5 cm³/mol. The highest BCUT2D eigenvalue weighted by Gasteiger charge is 2.39. The molecule has 0 radical (unpaired) electrons. The molecule has 0 spiro atoms. The zero-order valence-corrected chi connectivity index (χ0v) is 13.2. The van der Waals surface area contributed by atoms with E-state index >= 15 is 0 Å². The average Bonchev–Trinajstić information content (AvgIpc) is 2.62. The molecule has 1 fully saturated rings. The lowest BCUT2D eigenvalue weighted by molar-refractivity contribution is -0.0328. The van der Waals surface area contributed by atoms with Crippen LogP contribution in [0.1, 0.15) is 23.7 Å². The zero-order valence-electron chi connectivity index (χ0n) is 11.6. The van der Waals surface area contributed by atoms with Gasteiger partial charge in [0.25, 0.3) is 5.91 Å². The van der Waals surface area contributed by atoms with Crippen LogP contribution in [0, 0.1) is 0 Å². The Morgan fingerprint density at radius 2 is 1.86 bits per heavy atom. The molecule has 22 heavy (non-hydrogen) atoms. The summed E-state index contributed by atoms with van der Waals surface area (Å²) in [5.41, 5.74) is -5.03. The zero-order chi connectivity index (χ0) is 16.6. The van der Waals surface area contributed by atoms with Crippen molar-refractivity contribution in [1.82, 2.24) is 5.32 Å². The van der Waals surface area contributed by atoms with Crippen LogP contribution < -0.4 is 5.32 Å². The molecule has 1 amide bonds. The third-order valence-corrected chi connectivity index (χ3v) is 5.91. The SMILES string of the molecule is CC1(NC(=O)c2ccc(SC(F)(F)F)cc2)CCS(=O)(=O)C1. The van der Waals surface area contributed by atoms with E-state index in [0.717, 1.165) is 0 Å². The molecule has 1 aromatic rings. The predicted octanol–water partition coefficient (Wildman–Crippen LogP) is 2.61. The number of nitrogens with one attached hydrogen (secondary N) is 1. The number of thioether (sulfide) groups is 1. The molecule has 1 unspecified atom stereocenters. The lowest BCUT2D eigenvalue weighted by Crippen LogP contribution is -2.46. The Morgan fingerprint density at radius 1 is 1.27 bits per heavy atom. The van der Waals surface area contributed by atoms with Gasteiger partial charge in [-0.25, -0.2) is 8.42 Å². The summed E-state index contributed by atoms with van der Waals surface area (Å²) < 4.78 is 59.6. The number of amides is 1. The van der Waals surface area contributed by atoms with E-state index < -0.39 is 26.8 Å². The molecule has 1 aromatic carbocycles. The first kappa shape index (κ1) is 17.1. The van der Waals surface area contributed by atoms with Crippen molar-refractivity contribution in [3.05, 3.63) is 29.8 Å². The van der Waals surface area contributed by atoms with Crippen LogP contribution in [0.15, 0.2) is 29.2 Å². The summed E-state index contributed by atoms with van der Waals surface area (Å²) in [5, 5.41) is 2.65. The first-order chi connectivity index (χ1) is 9.98. The highest BCUT2D eigenvalue weighted by Crippen LogP contribution is 2.36. The Kier molecular flexibility index (Phi) is 4.49. The third-order valence-electron chi connectivity index (χ3n) is 3.27. The van der Waals surface area contributed by atoms with Gasteiger partial charge in [0, 0.05) is 10.5 Å². The van der Waals surface area contributed by atoms with Gasteiger partial charge in [0.2, 0.25) is 0 Å². The van der Waals surface area contributed by atoms with E-state index in [4.69, 9.17) is 0 Å². The molecule has 0 aliphatic carbocycles. The summed E-state index contributed by atoms with van der Waals surface area (Å²) in [4.78, 5) is 12.1. The van der Waals surface area contributed by atoms with Crippen LogP contribution in [-0.2, 0) is 9.84 Å². The Bertz CT molecular complexity index is 671. The van der Waals surface area contributed by atoms with Crippen molar-refractivity contribution in [3.63, 3.8) is 0 Å². The van der Waals surface area contributed by atoms with Gasteiger partial charge < -0.3 is 5.32 Å². The molecule has 1 aliphatic rings. The molecule has 1 heterocycles. The van der Waals surface area contributed by atoms with Crippen molar-refractivity contribution < 1.29 is 26.4 Å². The van der Waals surface area contributed by atoms with E-state index in [0.29, 0.717) is 6.42 Å². The van der Waals surface area contributed by atoms with Gasteiger partial charge in [-0.1, -0.05) is 0 Å². The van der Waals surface area contributed by atoms with Crippen molar-refractivity contribution in [2.75, 3.05) is 11.5 Å². The first-order valence-corrected chi connectivity index (χ1v) is 9.01. The number of sulfone groups is 1. The van der Waals surface area contributed by atoms with E-state index in [1.165, 1.54) is 24.3 Å². The minimum atomic E-state index is -4.38. The van der Waals surface area contributed by atoms with Crippen LogP contribution in [0.2, 0.25) is 0 Å². The summed E-state index contributed by atoms with van der Waals surface area (Å²) in [5.74, 6) is -0.609. The monoisotopic (exact) mass is 353 g/mol. The molecule has 1 N–H and O–H groups in total. The quantitative estimate of drug-likeness (QED) is 0.849. The summed E-state index contributed by atoms with van der Waals surface area (Å²) in [6.45, 7) is 1.64. The van der Waals surface area contributed by atoms with Gasteiger partial charge in [-0.2, -0.15) is 13.2 Å². The fourth-order valence-electron chi connectivity index (χ4n) is 2.26. The maximum Gasteiger partial charge on any atom is 0.446 e. The van der Waals surface area contributed by atoms with Gasteiger partial charge in [-0.3, -0.25) is 4.79 Å². The van der Waals surface area contributed by atoms with E-state index in [2.05, 4.69) is 5.32 Å². The number of rotatable bonds is 3. The van der Waals surface area contributed by atoms with E-state index in [1.54, 1.807) is 6.92 Å². The smallest absolute Gasteiger partial charge is 0.346 e. The van der Waals surface area contributed by atoms with Crippen LogP contribution in [-0.4, -0.2) is 36.9 Å². The van der Waals surface area contributed by atoms with Crippen LogP contribution in [0.25, 0.3) is 0 Å². The highest BCUT2D eigenvalue weighted by atomic mass is 32.2. The summed E-state index contributed by atoms with van der Waals surface area (Å²) in [6, 6.07) is 4.99. The maximum absolute atomic E-state index is 12.2. The van der Waals surface area contributed by atoms with Crippen LogP contribution in [0.4, 0.5) is 13.2 Å². The molecule has 1 aliphatic heterocycles. The Hall–Kier alpha value is -1.22. The molecule has 2 rings (SSSR count). The van der Waals surface area contributed by atoms with Crippen molar-refractivity contribution in [2.24, 2.45) is 0 Å². The van der Waals surface area contributed by atoms with Gasteiger partial charge in [0.1, 0.15) is 0 Å². The molecule has 1 saturated heterocycles. The number of alkyl halides is 3. The van der Waals surface area contributed by atoms with E-state index in [1.807, 2.05) is 0 Å². The molecular formula is C13H14F3NO3S2. The Balaban J connectivity index is 2.05. The standard InChI is InChI=1S/C13H14F3NO3S2/c1-12(6-7-22(19,20)8-12)17-11(18)9-2-4-10(5-3-9)21-13(14,15)16/h2-5H,6-8H2,1H3,(H,17,18). The van der Waals surface area contributed by atoms with Crippen LogP contribution in [0.5, 0.6) is 0 Å². The van der Waals surface area contributed by atoms with Gasteiger partial charge >= 0.3 is 5.51 Å². The van der Waals surface area contributed by atoms with Crippen molar-refractivity contribution >= 4 is 27.5 Å². The number of halogens is 3. The van der Waals surface area contributed by atoms with Crippen molar-refractivity contribution in [3.8, 4) is 0 Å². The molecule has 122 valence electrons. The largest absolute Gasteiger partial charge is 0.446 e. The topological polar surface area (TPSA) is 63.2 Å². The molecule has 9 heteroatoms. The average molecular weight is 353 g/mol. The van der Waals surface area contributed by atoms with Crippen molar-refractivity contribution in [2.45, 2.75) is 29.3 Å². The fraction of sp³-hybridized carbons (Fsp3) is 0.462. The fourth-order valence-corrected chi connectivity index (χ4v) is 4.90. The second kappa shape index (κ2) is 5.77. The second-order valence-electron chi connectivity index (χ2n) is 5.43. The maximum atomic E-state index is 12.2. The minimum absolute atomic E-state index is 0.0151. The van der Waals surface area contributed by atoms with Gasteiger partial charge in [-0.05, 0) is 49.4 Å². The summed E-state index contributed by atoms with van der Waals surface area (Å²) in [7, 11) is -3.15. The minimum Gasteiger partial charge on any atom is -0.346 e. The summed E-state index contributed by atoms with van der Waals surface area (Å²) >= 11 is -0.258. The van der Waals surface area contributed by atoms with Crippen LogP contribution in [0.3, 0.4) is 0 Å². The highest BCUT2D eigenvalue weighted by molar-refractivity contribution is 8.00. The number of hydrogen-bond donors (Lipinski definition) is 1. The first-order valence-electron chi connectivity index (χ1n) is 6.37. The number of benzene rings is 1. The lowest BCUT2D eigenvalue weighted by Gasteiger charge is -2.23. The third kappa shape index (κ3) is 4.64. The molecule has 0 aromatic heterocycles. The van der Waals surface area contributed by atoms with Crippen LogP contribution >= 0.6 is 11.8 Å². The van der Waals surface area contributed by atoms with E-state index in [9.17, 15) is 26.4 Å². The van der Waals surface area contributed by atoms with Gasteiger partial charge in [0.15, 0.2) is 9.84 Å². The molecule has 0 saturated carbocycles. The molecule has 1 atom stereocenters. The summed E-state index contributed by atoms with van der Waals surface area (Å²) in [6.07, 6.45) is 0.323. The number of carbonyl (C=O) groups excluding carboxylic acids is 1. The molecule has 4 nitrogen and oxygen atoms in total. The van der Waals surface area contributed by atoms with Gasteiger partial charge in [-0.15, -0.1) is 0 Å². The molecule has 0 bridgehead atoms. The van der Waals surface area contributed by atoms with Crippen molar-refractivity contribution in [1.29, 1.82) is 0 Å².